The molecule has 3 rings (SSSR count). The fourth-order valence-corrected chi connectivity index (χ4v) is 5.38. The number of aromatic nitrogens is 1. The van der Waals surface area contributed by atoms with Gasteiger partial charge in [-0.25, -0.2) is 8.42 Å². The van der Waals surface area contributed by atoms with Crippen LogP contribution in [0.5, 0.6) is 0 Å². The second-order valence-corrected chi connectivity index (χ2v) is 10.0. The highest BCUT2D eigenvalue weighted by molar-refractivity contribution is 7.91. The van der Waals surface area contributed by atoms with Crippen LogP contribution in [0.25, 0.3) is 10.2 Å². The van der Waals surface area contributed by atoms with E-state index in [0.717, 1.165) is 10.2 Å². The molecule has 0 bridgehead atoms. The van der Waals surface area contributed by atoms with E-state index in [1.54, 1.807) is 30.3 Å². The summed E-state index contributed by atoms with van der Waals surface area (Å²) in [6.45, 7) is 6.98. The zero-order valence-electron chi connectivity index (χ0n) is 16.3. The molecular formula is C21H24N2O3S2. The summed E-state index contributed by atoms with van der Waals surface area (Å²) in [7, 11) is -3.49. The summed E-state index contributed by atoms with van der Waals surface area (Å²) in [5, 5.41) is 0. The van der Waals surface area contributed by atoms with Crippen molar-refractivity contribution in [1.29, 1.82) is 0 Å². The number of fused-ring (bicyclic) bond motifs is 1. The van der Waals surface area contributed by atoms with Crippen molar-refractivity contribution in [3.8, 4) is 0 Å². The van der Waals surface area contributed by atoms with E-state index in [2.05, 4.69) is 37.0 Å². The Bertz CT molecular complexity index is 1160. The molecule has 148 valence electrons. The van der Waals surface area contributed by atoms with Crippen LogP contribution in [-0.2, 0) is 21.2 Å². The van der Waals surface area contributed by atoms with Crippen LogP contribution in [0, 0.1) is 0 Å². The zero-order valence-corrected chi connectivity index (χ0v) is 17.9. The van der Waals surface area contributed by atoms with Crippen LogP contribution in [0.1, 0.15) is 38.7 Å². The van der Waals surface area contributed by atoms with Crippen molar-refractivity contribution in [3.63, 3.8) is 0 Å². The van der Waals surface area contributed by atoms with Gasteiger partial charge < -0.3 is 4.57 Å². The Kier molecular flexibility index (Phi) is 6.15. The van der Waals surface area contributed by atoms with E-state index in [4.69, 9.17) is 0 Å². The van der Waals surface area contributed by atoms with E-state index >= 15 is 0 Å². The molecule has 1 amide bonds. The Morgan fingerprint density at radius 2 is 1.86 bits per heavy atom. The maximum atomic E-state index is 12.4. The molecule has 1 aromatic heterocycles. The lowest BCUT2D eigenvalue weighted by Crippen LogP contribution is -2.17. The molecule has 1 heterocycles. The van der Waals surface area contributed by atoms with Gasteiger partial charge in [0, 0.05) is 13.0 Å². The predicted octanol–water partition coefficient (Wildman–Crippen LogP) is 4.14. The van der Waals surface area contributed by atoms with E-state index in [1.807, 2.05) is 11.5 Å². The van der Waals surface area contributed by atoms with E-state index in [-0.39, 0.29) is 17.1 Å². The maximum absolute atomic E-state index is 12.4. The molecule has 0 aliphatic heterocycles. The number of sulfone groups is 1. The molecular weight excluding hydrogens is 392 g/mol. The number of benzene rings is 2. The number of carbonyl (C=O) groups excluding carboxylic acids is 1. The van der Waals surface area contributed by atoms with E-state index < -0.39 is 15.7 Å². The molecule has 28 heavy (non-hydrogen) atoms. The fraction of sp³-hybridized carbons (Fsp3) is 0.333. The third-order valence-electron chi connectivity index (χ3n) is 4.60. The third kappa shape index (κ3) is 4.42. The Balaban J connectivity index is 1.86. The number of amides is 1. The summed E-state index contributed by atoms with van der Waals surface area (Å²) in [4.78, 5) is 17.4. The second-order valence-electron chi connectivity index (χ2n) is 6.90. The number of hydrogen-bond donors (Lipinski definition) is 0. The van der Waals surface area contributed by atoms with Crippen molar-refractivity contribution in [2.75, 3.05) is 5.75 Å². The molecule has 0 saturated heterocycles. The molecule has 0 spiro atoms. The first kappa shape index (κ1) is 20.5. The van der Waals surface area contributed by atoms with Gasteiger partial charge in [0.2, 0.25) is 5.91 Å². The molecule has 0 saturated carbocycles. The van der Waals surface area contributed by atoms with Gasteiger partial charge in [-0.3, -0.25) is 4.79 Å². The molecule has 3 aromatic rings. The summed E-state index contributed by atoms with van der Waals surface area (Å²) < 4.78 is 27.8. The summed E-state index contributed by atoms with van der Waals surface area (Å²) in [6, 6.07) is 14.5. The van der Waals surface area contributed by atoms with Crippen molar-refractivity contribution in [2.45, 2.75) is 44.6 Å². The van der Waals surface area contributed by atoms with Crippen LogP contribution >= 0.6 is 11.3 Å². The van der Waals surface area contributed by atoms with E-state index in [0.29, 0.717) is 17.3 Å². The van der Waals surface area contributed by atoms with Crippen LogP contribution in [0.3, 0.4) is 0 Å². The minimum atomic E-state index is -3.49. The smallest absolute Gasteiger partial charge is 0.249 e. The SMILES string of the molecule is CCn1c(=NC(=O)CCS(=O)(=O)c2ccccc2)sc2cc(C(C)C)ccc21. The molecule has 0 unspecified atom stereocenters. The first-order valence-corrected chi connectivity index (χ1v) is 11.8. The highest BCUT2D eigenvalue weighted by Crippen LogP contribution is 2.23. The van der Waals surface area contributed by atoms with E-state index in [9.17, 15) is 13.2 Å². The summed E-state index contributed by atoms with van der Waals surface area (Å²) >= 11 is 1.46. The van der Waals surface area contributed by atoms with Crippen LogP contribution < -0.4 is 4.80 Å². The monoisotopic (exact) mass is 416 g/mol. The largest absolute Gasteiger partial charge is 0.317 e. The van der Waals surface area contributed by atoms with E-state index in [1.165, 1.54) is 16.9 Å². The second kappa shape index (κ2) is 8.41. The molecule has 0 radical (unpaired) electrons. The number of thiazole rings is 1. The minimum absolute atomic E-state index is 0.133. The number of hydrogen-bond acceptors (Lipinski definition) is 4. The Morgan fingerprint density at radius 3 is 2.50 bits per heavy atom. The number of aryl methyl sites for hydroxylation is 1. The molecule has 0 aliphatic carbocycles. The molecule has 0 N–H and O–H groups in total. The Hall–Kier alpha value is -2.25. The lowest BCUT2D eigenvalue weighted by Gasteiger charge is -2.05. The van der Waals surface area contributed by atoms with Gasteiger partial charge in [-0.05, 0) is 42.7 Å². The van der Waals surface area contributed by atoms with Crippen molar-refractivity contribution < 1.29 is 13.2 Å². The Morgan fingerprint density at radius 1 is 1.14 bits per heavy atom. The zero-order chi connectivity index (χ0) is 20.3. The van der Waals surface area contributed by atoms with Crippen molar-refractivity contribution >= 4 is 37.3 Å². The summed E-state index contributed by atoms with van der Waals surface area (Å²) in [5.74, 6) is -0.238. The van der Waals surface area contributed by atoms with Crippen LogP contribution in [0.4, 0.5) is 0 Å². The van der Waals surface area contributed by atoms with Crippen LogP contribution in [0.2, 0.25) is 0 Å². The van der Waals surface area contributed by atoms with Gasteiger partial charge in [-0.1, -0.05) is 49.4 Å². The van der Waals surface area contributed by atoms with Gasteiger partial charge in [0.1, 0.15) is 0 Å². The number of rotatable bonds is 6. The maximum Gasteiger partial charge on any atom is 0.249 e. The van der Waals surface area contributed by atoms with Gasteiger partial charge in [-0.15, -0.1) is 0 Å². The average molecular weight is 417 g/mol. The predicted molar refractivity (Wildman–Crippen MR) is 113 cm³/mol. The van der Waals surface area contributed by atoms with Gasteiger partial charge >= 0.3 is 0 Å². The lowest BCUT2D eigenvalue weighted by atomic mass is 10.0. The molecule has 7 heteroatoms. The van der Waals surface area contributed by atoms with Gasteiger partial charge in [0.25, 0.3) is 0 Å². The highest BCUT2D eigenvalue weighted by Gasteiger charge is 2.16. The number of carbonyl (C=O) groups is 1. The lowest BCUT2D eigenvalue weighted by molar-refractivity contribution is -0.117. The molecule has 0 aliphatic rings. The normalized spacial score (nSPS) is 12.8. The first-order valence-electron chi connectivity index (χ1n) is 9.30. The first-order chi connectivity index (χ1) is 13.3. The minimum Gasteiger partial charge on any atom is -0.317 e. The quantitative estimate of drug-likeness (QED) is 0.606. The number of nitrogens with zero attached hydrogens (tertiary/aromatic N) is 2. The van der Waals surface area contributed by atoms with Crippen LogP contribution in [-0.4, -0.2) is 24.6 Å². The highest BCUT2D eigenvalue weighted by atomic mass is 32.2. The molecule has 2 aromatic carbocycles. The van der Waals surface area contributed by atoms with Crippen LogP contribution in [0.15, 0.2) is 58.4 Å². The molecule has 5 nitrogen and oxygen atoms in total. The fourth-order valence-electron chi connectivity index (χ4n) is 2.97. The van der Waals surface area contributed by atoms with Gasteiger partial charge in [0.05, 0.1) is 20.9 Å². The topological polar surface area (TPSA) is 68.5 Å². The van der Waals surface area contributed by atoms with Gasteiger partial charge in [-0.2, -0.15) is 4.99 Å². The molecule has 0 fully saturated rings. The summed E-state index contributed by atoms with van der Waals surface area (Å²) in [6.07, 6.45) is -0.133. The van der Waals surface area contributed by atoms with Crippen molar-refractivity contribution in [2.24, 2.45) is 4.99 Å². The standard InChI is InChI=1S/C21H24N2O3S2/c1-4-23-18-11-10-16(15(2)3)14-19(18)27-21(23)22-20(24)12-13-28(25,26)17-8-6-5-7-9-17/h5-11,14-15H,4,12-13H2,1-3H3. The third-order valence-corrected chi connectivity index (χ3v) is 7.37. The Labute approximate surface area is 169 Å². The van der Waals surface area contributed by atoms with Crippen molar-refractivity contribution in [1.82, 2.24) is 4.57 Å². The van der Waals surface area contributed by atoms with Crippen molar-refractivity contribution in [3.05, 3.63) is 58.9 Å². The van der Waals surface area contributed by atoms with Gasteiger partial charge in [0.15, 0.2) is 14.6 Å². The average Bonchev–Trinajstić information content (AvgIpc) is 3.03. The molecule has 0 atom stereocenters. The summed E-state index contributed by atoms with van der Waals surface area (Å²) in [5.41, 5.74) is 2.28.